The maximum absolute atomic E-state index is 5.73. The highest BCUT2D eigenvalue weighted by Crippen LogP contribution is 2.33. The predicted molar refractivity (Wildman–Crippen MR) is 74.9 cm³/mol. The second-order valence-corrected chi connectivity index (χ2v) is 4.88. The smallest absolute Gasteiger partial charge is 0.161 e. The van der Waals surface area contributed by atoms with E-state index in [0.717, 1.165) is 37.6 Å². The van der Waals surface area contributed by atoms with Crippen molar-refractivity contribution in [2.45, 2.75) is 31.9 Å². The van der Waals surface area contributed by atoms with Crippen molar-refractivity contribution in [3.63, 3.8) is 0 Å². The van der Waals surface area contributed by atoms with Gasteiger partial charge < -0.3 is 19.5 Å². The Hall–Kier alpha value is -1.26. The van der Waals surface area contributed by atoms with Gasteiger partial charge in [-0.25, -0.2) is 0 Å². The standard InChI is InChI=1S/C15H23NO3/c1-11(17-3)9-13(16-2)12-5-6-14-15(10-12)19-8-4-7-18-14/h5-6,10-11,13,16H,4,7-9H2,1-3H3. The molecular formula is C15H23NO3. The number of ether oxygens (including phenoxy) is 3. The second kappa shape index (κ2) is 6.78. The van der Waals surface area contributed by atoms with Crippen LogP contribution in [0, 0.1) is 0 Å². The minimum Gasteiger partial charge on any atom is -0.490 e. The normalized spacial score (nSPS) is 17.6. The molecule has 1 heterocycles. The van der Waals surface area contributed by atoms with Gasteiger partial charge in [0.1, 0.15) is 0 Å². The van der Waals surface area contributed by atoms with Crippen molar-refractivity contribution in [1.29, 1.82) is 0 Å². The van der Waals surface area contributed by atoms with E-state index in [1.165, 1.54) is 5.56 Å². The van der Waals surface area contributed by atoms with E-state index in [-0.39, 0.29) is 12.1 Å². The zero-order valence-corrected chi connectivity index (χ0v) is 11.9. The fraction of sp³-hybridized carbons (Fsp3) is 0.600. The van der Waals surface area contributed by atoms with Crippen LogP contribution in [0.2, 0.25) is 0 Å². The van der Waals surface area contributed by atoms with E-state index in [2.05, 4.69) is 24.4 Å². The average molecular weight is 265 g/mol. The van der Waals surface area contributed by atoms with Crippen molar-refractivity contribution >= 4 is 0 Å². The molecule has 1 N–H and O–H groups in total. The molecule has 0 radical (unpaired) electrons. The Balaban J connectivity index is 2.16. The molecule has 1 aromatic carbocycles. The molecule has 106 valence electrons. The molecule has 2 atom stereocenters. The summed E-state index contributed by atoms with van der Waals surface area (Å²) < 4.78 is 16.7. The Morgan fingerprint density at radius 2 is 2.00 bits per heavy atom. The maximum Gasteiger partial charge on any atom is 0.161 e. The lowest BCUT2D eigenvalue weighted by atomic mass is 10.0. The molecule has 4 heteroatoms. The third kappa shape index (κ3) is 3.61. The van der Waals surface area contributed by atoms with Gasteiger partial charge in [-0.15, -0.1) is 0 Å². The number of nitrogens with one attached hydrogen (secondary N) is 1. The third-order valence-corrected chi connectivity index (χ3v) is 3.49. The lowest BCUT2D eigenvalue weighted by Gasteiger charge is -2.21. The van der Waals surface area contributed by atoms with Crippen molar-refractivity contribution in [3.8, 4) is 11.5 Å². The molecule has 1 aliphatic rings. The van der Waals surface area contributed by atoms with Gasteiger partial charge in [-0.1, -0.05) is 6.07 Å². The molecule has 4 nitrogen and oxygen atoms in total. The Morgan fingerprint density at radius 1 is 1.26 bits per heavy atom. The van der Waals surface area contributed by atoms with Crippen LogP contribution in [-0.4, -0.2) is 33.5 Å². The number of benzene rings is 1. The van der Waals surface area contributed by atoms with Gasteiger partial charge in [0.05, 0.1) is 19.3 Å². The molecule has 0 aliphatic carbocycles. The van der Waals surface area contributed by atoms with Crippen molar-refractivity contribution in [2.75, 3.05) is 27.4 Å². The first kappa shape index (κ1) is 14.2. The summed E-state index contributed by atoms with van der Waals surface area (Å²) in [5.74, 6) is 1.69. The van der Waals surface area contributed by atoms with Gasteiger partial charge in [-0.2, -0.15) is 0 Å². The molecule has 0 fully saturated rings. The number of methoxy groups -OCH3 is 1. The first-order valence-electron chi connectivity index (χ1n) is 6.84. The van der Waals surface area contributed by atoms with Gasteiger partial charge in [0, 0.05) is 19.6 Å². The van der Waals surface area contributed by atoms with Gasteiger partial charge >= 0.3 is 0 Å². The van der Waals surface area contributed by atoms with Gasteiger partial charge in [-0.3, -0.25) is 0 Å². The van der Waals surface area contributed by atoms with Crippen LogP contribution in [0.5, 0.6) is 11.5 Å². The number of hydrogen-bond donors (Lipinski definition) is 1. The molecule has 0 saturated carbocycles. The third-order valence-electron chi connectivity index (χ3n) is 3.49. The van der Waals surface area contributed by atoms with Crippen LogP contribution in [0.3, 0.4) is 0 Å². The summed E-state index contributed by atoms with van der Waals surface area (Å²) in [4.78, 5) is 0. The molecule has 2 rings (SSSR count). The lowest BCUT2D eigenvalue weighted by Crippen LogP contribution is -2.22. The Morgan fingerprint density at radius 3 is 2.68 bits per heavy atom. The summed E-state index contributed by atoms with van der Waals surface area (Å²) >= 11 is 0. The summed E-state index contributed by atoms with van der Waals surface area (Å²) in [6.07, 6.45) is 2.07. The fourth-order valence-corrected chi connectivity index (χ4v) is 2.25. The summed E-state index contributed by atoms with van der Waals surface area (Å²) in [7, 11) is 3.71. The molecule has 1 aliphatic heterocycles. The van der Waals surface area contributed by atoms with Crippen LogP contribution in [-0.2, 0) is 4.74 Å². The topological polar surface area (TPSA) is 39.7 Å². The Bertz CT molecular complexity index is 408. The zero-order valence-electron chi connectivity index (χ0n) is 11.9. The molecule has 0 saturated heterocycles. The predicted octanol–water partition coefficient (Wildman–Crippen LogP) is 2.53. The van der Waals surface area contributed by atoms with E-state index >= 15 is 0 Å². The van der Waals surface area contributed by atoms with Crippen LogP contribution in [0.1, 0.15) is 31.4 Å². The van der Waals surface area contributed by atoms with Gasteiger partial charge in [0.25, 0.3) is 0 Å². The average Bonchev–Trinajstić information content (AvgIpc) is 2.68. The minimum absolute atomic E-state index is 0.216. The minimum atomic E-state index is 0.216. The monoisotopic (exact) mass is 265 g/mol. The quantitative estimate of drug-likeness (QED) is 0.888. The SMILES string of the molecule is CNC(CC(C)OC)c1ccc2c(c1)OCCCO2. The second-order valence-electron chi connectivity index (χ2n) is 4.88. The van der Waals surface area contributed by atoms with E-state index in [1.807, 2.05) is 13.1 Å². The summed E-state index contributed by atoms with van der Waals surface area (Å²) in [5.41, 5.74) is 1.20. The van der Waals surface area contributed by atoms with Gasteiger partial charge in [-0.05, 0) is 38.1 Å². The molecule has 0 bridgehead atoms. The molecule has 19 heavy (non-hydrogen) atoms. The molecule has 2 unspecified atom stereocenters. The number of rotatable bonds is 5. The first-order chi connectivity index (χ1) is 9.24. The van der Waals surface area contributed by atoms with Crippen LogP contribution in [0.25, 0.3) is 0 Å². The zero-order chi connectivity index (χ0) is 13.7. The van der Waals surface area contributed by atoms with Gasteiger partial charge in [0.15, 0.2) is 11.5 Å². The van der Waals surface area contributed by atoms with Crippen molar-refractivity contribution in [2.24, 2.45) is 0 Å². The molecule has 0 aromatic heterocycles. The maximum atomic E-state index is 5.73. The van der Waals surface area contributed by atoms with Gasteiger partial charge in [0.2, 0.25) is 0 Å². The first-order valence-corrected chi connectivity index (χ1v) is 6.84. The summed E-state index contributed by atoms with van der Waals surface area (Å²) in [6, 6.07) is 6.42. The van der Waals surface area contributed by atoms with Crippen LogP contribution < -0.4 is 14.8 Å². The lowest BCUT2D eigenvalue weighted by molar-refractivity contribution is 0.101. The molecule has 1 aromatic rings. The molecule has 0 amide bonds. The highest BCUT2D eigenvalue weighted by Gasteiger charge is 2.17. The van der Waals surface area contributed by atoms with E-state index in [9.17, 15) is 0 Å². The van der Waals surface area contributed by atoms with E-state index in [4.69, 9.17) is 14.2 Å². The number of fused-ring (bicyclic) bond motifs is 1. The van der Waals surface area contributed by atoms with E-state index in [0.29, 0.717) is 0 Å². The van der Waals surface area contributed by atoms with E-state index < -0.39 is 0 Å². The highest BCUT2D eigenvalue weighted by atomic mass is 16.5. The van der Waals surface area contributed by atoms with Crippen LogP contribution in [0.15, 0.2) is 18.2 Å². The summed E-state index contributed by atoms with van der Waals surface area (Å²) in [6.45, 7) is 3.52. The van der Waals surface area contributed by atoms with Crippen molar-refractivity contribution in [1.82, 2.24) is 5.32 Å². The van der Waals surface area contributed by atoms with Crippen molar-refractivity contribution < 1.29 is 14.2 Å². The fourth-order valence-electron chi connectivity index (χ4n) is 2.25. The van der Waals surface area contributed by atoms with Crippen molar-refractivity contribution in [3.05, 3.63) is 23.8 Å². The molecule has 0 spiro atoms. The largest absolute Gasteiger partial charge is 0.490 e. The summed E-state index contributed by atoms with van der Waals surface area (Å²) in [5, 5.41) is 3.33. The van der Waals surface area contributed by atoms with Crippen LogP contribution >= 0.6 is 0 Å². The van der Waals surface area contributed by atoms with Crippen LogP contribution in [0.4, 0.5) is 0 Å². The Kier molecular flexibility index (Phi) is 5.05. The van der Waals surface area contributed by atoms with E-state index in [1.54, 1.807) is 7.11 Å². The number of hydrogen-bond acceptors (Lipinski definition) is 4. The molecular weight excluding hydrogens is 242 g/mol. The Labute approximate surface area is 115 Å². The highest BCUT2D eigenvalue weighted by molar-refractivity contribution is 5.44.